The third-order valence-electron chi connectivity index (χ3n) is 2.63. The number of amides is 1. The van der Waals surface area contributed by atoms with Gasteiger partial charge >= 0.3 is 0 Å². The zero-order valence-electron chi connectivity index (χ0n) is 10.6. The van der Waals surface area contributed by atoms with Crippen LogP contribution in [0, 0.1) is 24.4 Å². The first-order chi connectivity index (χ1) is 9.45. The predicted molar refractivity (Wildman–Crippen MR) is 67.6 cm³/mol. The molecule has 3 nitrogen and oxygen atoms in total. The molecule has 0 radical (unpaired) electrons. The largest absolute Gasteiger partial charge is 0.310 e. The molecule has 0 aliphatic heterocycles. The van der Waals surface area contributed by atoms with Gasteiger partial charge in [-0.3, -0.25) is 4.79 Å². The molecule has 1 aromatic heterocycles. The molecule has 2 aromatic rings. The van der Waals surface area contributed by atoms with Crippen LogP contribution in [0.25, 0.3) is 0 Å². The van der Waals surface area contributed by atoms with Crippen molar-refractivity contribution in [3.63, 3.8) is 0 Å². The lowest BCUT2D eigenvalue weighted by Gasteiger charge is -2.07. The fraction of sp³-hybridized carbons (Fsp3) is 0.143. The van der Waals surface area contributed by atoms with Crippen molar-refractivity contribution in [2.45, 2.75) is 13.3 Å². The highest BCUT2D eigenvalue weighted by molar-refractivity contribution is 5.91. The number of aromatic nitrogens is 1. The predicted octanol–water partition coefficient (Wildman–Crippen LogP) is 2.99. The third kappa shape index (κ3) is 3.34. The van der Waals surface area contributed by atoms with E-state index in [2.05, 4.69) is 10.3 Å². The molecule has 1 amide bonds. The van der Waals surface area contributed by atoms with Crippen molar-refractivity contribution in [2.24, 2.45) is 0 Å². The smallest absolute Gasteiger partial charge is 0.230 e. The molecule has 0 fully saturated rings. The summed E-state index contributed by atoms with van der Waals surface area (Å²) in [5.41, 5.74) is 0.408. The number of anilines is 1. The van der Waals surface area contributed by atoms with Crippen molar-refractivity contribution in [2.75, 3.05) is 5.32 Å². The number of benzene rings is 1. The fourth-order valence-corrected chi connectivity index (χ4v) is 1.69. The zero-order chi connectivity index (χ0) is 14.7. The summed E-state index contributed by atoms with van der Waals surface area (Å²) in [6.07, 6.45) is 0.970. The first kappa shape index (κ1) is 14.0. The highest BCUT2D eigenvalue weighted by atomic mass is 19.1. The van der Waals surface area contributed by atoms with Crippen molar-refractivity contribution >= 4 is 11.7 Å². The third-order valence-corrected chi connectivity index (χ3v) is 2.63. The van der Waals surface area contributed by atoms with Gasteiger partial charge in [-0.05, 0) is 24.6 Å². The number of carbonyl (C=O) groups is 1. The van der Waals surface area contributed by atoms with Gasteiger partial charge in [0.1, 0.15) is 23.3 Å². The average molecular weight is 280 g/mol. The number of rotatable bonds is 3. The van der Waals surface area contributed by atoms with Crippen molar-refractivity contribution in [3.8, 4) is 0 Å². The van der Waals surface area contributed by atoms with Crippen LogP contribution in [0.15, 0.2) is 30.5 Å². The number of pyridine rings is 1. The number of hydrogen-bond acceptors (Lipinski definition) is 2. The molecule has 0 saturated carbocycles. The molecule has 0 spiro atoms. The van der Waals surface area contributed by atoms with E-state index < -0.39 is 35.3 Å². The van der Waals surface area contributed by atoms with Gasteiger partial charge in [-0.1, -0.05) is 0 Å². The Hall–Kier alpha value is -2.37. The standard InChI is InChI=1S/C14H11F3N2O/c1-8-2-3-18-13(4-8)19-14(20)7-10-11(16)5-9(15)6-12(10)17/h2-6H,7H2,1H3,(H,18,19,20). The van der Waals surface area contributed by atoms with E-state index in [4.69, 9.17) is 0 Å². The molecule has 1 aromatic carbocycles. The van der Waals surface area contributed by atoms with Gasteiger partial charge in [-0.2, -0.15) is 0 Å². The Morgan fingerprint density at radius 1 is 1.20 bits per heavy atom. The summed E-state index contributed by atoms with van der Waals surface area (Å²) >= 11 is 0. The molecule has 0 atom stereocenters. The van der Waals surface area contributed by atoms with E-state index in [1.54, 1.807) is 12.1 Å². The average Bonchev–Trinajstić information content (AvgIpc) is 2.33. The van der Waals surface area contributed by atoms with E-state index >= 15 is 0 Å². The van der Waals surface area contributed by atoms with Crippen LogP contribution in [0.4, 0.5) is 19.0 Å². The zero-order valence-corrected chi connectivity index (χ0v) is 10.6. The fourth-order valence-electron chi connectivity index (χ4n) is 1.69. The quantitative estimate of drug-likeness (QED) is 0.939. The van der Waals surface area contributed by atoms with Gasteiger partial charge < -0.3 is 5.32 Å². The minimum Gasteiger partial charge on any atom is -0.310 e. The van der Waals surface area contributed by atoms with Gasteiger partial charge in [0.2, 0.25) is 5.91 Å². The number of aryl methyl sites for hydroxylation is 1. The second kappa shape index (κ2) is 5.73. The molecule has 0 unspecified atom stereocenters. The molecule has 0 saturated heterocycles. The second-order valence-corrected chi connectivity index (χ2v) is 4.29. The van der Waals surface area contributed by atoms with Crippen molar-refractivity contribution in [1.82, 2.24) is 4.98 Å². The first-order valence-electron chi connectivity index (χ1n) is 5.81. The van der Waals surface area contributed by atoms with Gasteiger partial charge in [0.25, 0.3) is 0 Å². The normalized spacial score (nSPS) is 10.4. The number of nitrogens with one attached hydrogen (secondary N) is 1. The van der Waals surface area contributed by atoms with Gasteiger partial charge in [-0.15, -0.1) is 0 Å². The molecule has 20 heavy (non-hydrogen) atoms. The Morgan fingerprint density at radius 3 is 2.45 bits per heavy atom. The highest BCUT2D eigenvalue weighted by Crippen LogP contribution is 2.16. The van der Waals surface area contributed by atoms with Crippen LogP contribution in [-0.2, 0) is 11.2 Å². The van der Waals surface area contributed by atoms with Gasteiger partial charge in [0.15, 0.2) is 0 Å². The van der Waals surface area contributed by atoms with Crippen LogP contribution in [-0.4, -0.2) is 10.9 Å². The molecule has 6 heteroatoms. The molecular formula is C14H11F3N2O. The highest BCUT2D eigenvalue weighted by Gasteiger charge is 2.15. The number of hydrogen-bond donors (Lipinski definition) is 1. The summed E-state index contributed by atoms with van der Waals surface area (Å²) in [7, 11) is 0. The van der Waals surface area contributed by atoms with Crippen molar-refractivity contribution in [1.29, 1.82) is 0 Å². The van der Waals surface area contributed by atoms with E-state index in [1.165, 1.54) is 6.20 Å². The van der Waals surface area contributed by atoms with Crippen LogP contribution >= 0.6 is 0 Å². The molecule has 0 aliphatic carbocycles. The Balaban J connectivity index is 2.13. The van der Waals surface area contributed by atoms with E-state index in [0.717, 1.165) is 5.56 Å². The number of halogens is 3. The van der Waals surface area contributed by atoms with E-state index in [1.807, 2.05) is 6.92 Å². The Kier molecular flexibility index (Phi) is 4.02. The minimum absolute atomic E-state index is 0.290. The SMILES string of the molecule is Cc1ccnc(NC(=O)Cc2c(F)cc(F)cc2F)c1. The monoisotopic (exact) mass is 280 g/mol. The lowest BCUT2D eigenvalue weighted by Crippen LogP contribution is -2.17. The molecule has 0 aliphatic rings. The second-order valence-electron chi connectivity index (χ2n) is 4.29. The summed E-state index contributed by atoms with van der Waals surface area (Å²) in [6, 6.07) is 4.44. The molecule has 1 N–H and O–H groups in total. The summed E-state index contributed by atoms with van der Waals surface area (Å²) < 4.78 is 39.5. The summed E-state index contributed by atoms with van der Waals surface area (Å²) in [4.78, 5) is 15.6. The van der Waals surface area contributed by atoms with Crippen LogP contribution in [0.1, 0.15) is 11.1 Å². The minimum atomic E-state index is -1.09. The topological polar surface area (TPSA) is 42.0 Å². The van der Waals surface area contributed by atoms with Crippen molar-refractivity contribution < 1.29 is 18.0 Å². The van der Waals surface area contributed by atoms with Crippen molar-refractivity contribution in [3.05, 3.63) is 59.0 Å². The lowest BCUT2D eigenvalue weighted by molar-refractivity contribution is -0.115. The van der Waals surface area contributed by atoms with E-state index in [0.29, 0.717) is 12.1 Å². The van der Waals surface area contributed by atoms with Gasteiger partial charge in [-0.25, -0.2) is 18.2 Å². The Labute approximate surface area is 113 Å². The summed E-state index contributed by atoms with van der Waals surface area (Å²) in [5.74, 6) is -3.54. The van der Waals surface area contributed by atoms with E-state index in [-0.39, 0.29) is 5.82 Å². The van der Waals surface area contributed by atoms with Crippen LogP contribution in [0.2, 0.25) is 0 Å². The Morgan fingerprint density at radius 2 is 1.85 bits per heavy atom. The van der Waals surface area contributed by atoms with E-state index in [9.17, 15) is 18.0 Å². The molecule has 2 rings (SSSR count). The van der Waals surface area contributed by atoms with Crippen LogP contribution < -0.4 is 5.32 Å². The number of nitrogens with zero attached hydrogens (tertiary/aromatic N) is 1. The van der Waals surface area contributed by atoms with Gasteiger partial charge in [0, 0.05) is 23.9 Å². The maximum Gasteiger partial charge on any atom is 0.230 e. The Bertz CT molecular complexity index is 636. The number of carbonyl (C=O) groups excluding carboxylic acids is 1. The maximum absolute atomic E-state index is 13.4. The first-order valence-corrected chi connectivity index (χ1v) is 5.81. The van der Waals surface area contributed by atoms with Crippen LogP contribution in [0.3, 0.4) is 0 Å². The molecule has 104 valence electrons. The lowest BCUT2D eigenvalue weighted by atomic mass is 10.1. The summed E-state index contributed by atoms with van der Waals surface area (Å²) in [6.45, 7) is 1.82. The molecule has 0 bridgehead atoms. The molecule has 1 heterocycles. The van der Waals surface area contributed by atoms with Crippen LogP contribution in [0.5, 0.6) is 0 Å². The summed E-state index contributed by atoms with van der Waals surface area (Å²) in [5, 5.41) is 2.42. The maximum atomic E-state index is 13.4. The molecular weight excluding hydrogens is 269 g/mol. The van der Waals surface area contributed by atoms with Gasteiger partial charge in [0.05, 0.1) is 6.42 Å².